The van der Waals surface area contributed by atoms with Gasteiger partial charge in [0, 0.05) is 50.3 Å². The number of anilines is 1. The Morgan fingerprint density at radius 2 is 1.87 bits per heavy atom. The van der Waals surface area contributed by atoms with Crippen molar-refractivity contribution in [1.29, 1.82) is 5.26 Å². The Kier molecular flexibility index (Phi) is 6.53. The number of fused-ring (bicyclic) bond motifs is 1. The molecule has 0 amide bonds. The van der Waals surface area contributed by atoms with E-state index in [1.54, 1.807) is 41.9 Å². The molecule has 0 saturated carbocycles. The summed E-state index contributed by atoms with van der Waals surface area (Å²) in [5.74, 6) is 0.500. The summed E-state index contributed by atoms with van der Waals surface area (Å²) in [5.41, 5.74) is 3.73. The second kappa shape index (κ2) is 9.69. The van der Waals surface area contributed by atoms with E-state index in [2.05, 4.69) is 53.7 Å². The van der Waals surface area contributed by atoms with E-state index in [1.165, 1.54) is 12.1 Å². The summed E-state index contributed by atoms with van der Waals surface area (Å²) in [5, 5.41) is 13.8. The molecular weight excluding hydrogens is 483 g/mol. The van der Waals surface area contributed by atoms with Crippen LogP contribution in [0, 0.1) is 17.1 Å². The van der Waals surface area contributed by atoms with Crippen molar-refractivity contribution in [3.8, 4) is 6.07 Å². The summed E-state index contributed by atoms with van der Waals surface area (Å²) in [6.07, 6.45) is 0. The number of rotatable bonds is 4. The van der Waals surface area contributed by atoms with Gasteiger partial charge in [-0.3, -0.25) is 9.69 Å². The molecule has 9 heteroatoms. The maximum Gasteiger partial charge on any atom is 0.252 e. The third-order valence-corrected chi connectivity index (χ3v) is 7.25. The average molecular weight is 515 g/mol. The minimum atomic E-state index is -0.289. The fraction of sp³-hybridized carbons (Fsp3) is 0.379. The second-order valence-corrected chi connectivity index (χ2v) is 11.0. The van der Waals surface area contributed by atoms with Crippen LogP contribution in [0.3, 0.4) is 0 Å². The van der Waals surface area contributed by atoms with Crippen molar-refractivity contribution in [3.63, 3.8) is 0 Å². The first-order valence-electron chi connectivity index (χ1n) is 12.7. The number of pyridine rings is 2. The van der Waals surface area contributed by atoms with E-state index in [1.807, 2.05) is 6.07 Å². The number of hydrogen-bond acceptors (Lipinski definition) is 7. The molecule has 1 aromatic carbocycles. The molecule has 0 spiro atoms. The number of benzene rings is 1. The smallest absolute Gasteiger partial charge is 0.252 e. The lowest BCUT2D eigenvalue weighted by Gasteiger charge is -2.44. The van der Waals surface area contributed by atoms with E-state index >= 15 is 0 Å². The van der Waals surface area contributed by atoms with Gasteiger partial charge in [0.15, 0.2) is 0 Å². The molecule has 1 saturated heterocycles. The summed E-state index contributed by atoms with van der Waals surface area (Å²) in [7, 11) is 1.71. The minimum Gasteiger partial charge on any atom is -0.364 e. The Bertz CT molecular complexity index is 1580. The summed E-state index contributed by atoms with van der Waals surface area (Å²) >= 11 is 0. The van der Waals surface area contributed by atoms with Crippen LogP contribution in [0.15, 0.2) is 57.8 Å². The van der Waals surface area contributed by atoms with Crippen molar-refractivity contribution in [2.75, 3.05) is 24.5 Å². The highest BCUT2D eigenvalue weighted by atomic mass is 19.1. The minimum absolute atomic E-state index is 0.0172. The average Bonchev–Trinajstić information content (AvgIpc) is 3.38. The Labute approximate surface area is 220 Å². The first-order chi connectivity index (χ1) is 18.1. The van der Waals surface area contributed by atoms with Gasteiger partial charge in [-0.25, -0.2) is 9.37 Å². The van der Waals surface area contributed by atoms with Gasteiger partial charge in [0.2, 0.25) is 0 Å². The molecule has 0 radical (unpaired) electrons. The number of piperazine rings is 1. The van der Waals surface area contributed by atoms with E-state index in [-0.39, 0.29) is 28.9 Å². The van der Waals surface area contributed by atoms with E-state index in [4.69, 9.17) is 4.52 Å². The van der Waals surface area contributed by atoms with Gasteiger partial charge in [0.05, 0.1) is 17.2 Å². The number of aryl methyl sites for hydroxylation is 1. The van der Waals surface area contributed by atoms with Crippen LogP contribution in [0.1, 0.15) is 56.4 Å². The van der Waals surface area contributed by atoms with Gasteiger partial charge >= 0.3 is 0 Å². The van der Waals surface area contributed by atoms with Gasteiger partial charge in [-0.2, -0.15) is 5.26 Å². The van der Waals surface area contributed by atoms with Gasteiger partial charge in [-0.05, 0) is 36.8 Å². The number of hydrogen-bond donors (Lipinski definition) is 0. The van der Waals surface area contributed by atoms with Gasteiger partial charge in [0.25, 0.3) is 5.56 Å². The number of nitriles is 1. The lowest BCUT2D eigenvalue weighted by Crippen LogP contribution is -2.53. The van der Waals surface area contributed by atoms with E-state index in [0.29, 0.717) is 36.4 Å². The molecule has 8 nitrogen and oxygen atoms in total. The molecule has 2 atom stereocenters. The first-order valence-corrected chi connectivity index (χ1v) is 12.7. The second-order valence-electron chi connectivity index (χ2n) is 11.0. The predicted molar refractivity (Wildman–Crippen MR) is 144 cm³/mol. The van der Waals surface area contributed by atoms with Crippen LogP contribution in [0.25, 0.3) is 11.0 Å². The van der Waals surface area contributed by atoms with Gasteiger partial charge in [-0.1, -0.05) is 38.1 Å². The Hall–Kier alpha value is -4.03. The van der Waals surface area contributed by atoms with Crippen LogP contribution in [0.2, 0.25) is 0 Å². The first kappa shape index (κ1) is 25.6. The van der Waals surface area contributed by atoms with Crippen molar-refractivity contribution in [2.45, 2.75) is 45.2 Å². The number of nitrogens with zero attached hydrogens (tertiary/aromatic N) is 6. The van der Waals surface area contributed by atoms with Crippen LogP contribution >= 0.6 is 0 Å². The van der Waals surface area contributed by atoms with Gasteiger partial charge in [0.1, 0.15) is 34.6 Å². The van der Waals surface area contributed by atoms with Crippen LogP contribution < -0.4 is 10.5 Å². The van der Waals surface area contributed by atoms with Crippen LogP contribution in [-0.2, 0) is 12.5 Å². The molecule has 1 aliphatic rings. The van der Waals surface area contributed by atoms with E-state index in [0.717, 1.165) is 22.7 Å². The predicted octanol–water partition coefficient (Wildman–Crippen LogP) is 4.53. The van der Waals surface area contributed by atoms with Crippen molar-refractivity contribution >= 4 is 16.7 Å². The van der Waals surface area contributed by atoms with Gasteiger partial charge in [-0.15, -0.1) is 0 Å². The quantitative estimate of drug-likeness (QED) is 0.395. The Morgan fingerprint density at radius 3 is 2.50 bits per heavy atom. The highest BCUT2D eigenvalue weighted by molar-refractivity contribution is 5.89. The van der Waals surface area contributed by atoms with E-state index in [9.17, 15) is 14.4 Å². The van der Waals surface area contributed by atoms with Gasteiger partial charge < -0.3 is 14.0 Å². The Balaban J connectivity index is 1.51. The van der Waals surface area contributed by atoms with Crippen molar-refractivity contribution in [2.24, 2.45) is 7.05 Å². The molecule has 4 aromatic rings. The molecular formula is C29H31FN6O2. The monoisotopic (exact) mass is 514 g/mol. The maximum atomic E-state index is 13.8. The fourth-order valence-corrected chi connectivity index (χ4v) is 5.16. The standard InChI is InChI=1S/C29H31FN6O2/c1-18-17-35(28(19-6-8-20(30)9-7-19)22-14-25(38-33-22)29(2,3)4)12-13-36(18)24-15-26(37)34(5)23-11-10-21(16-31)32-27(23)24/h6-11,14-15,18,28H,12-13,17H2,1-5H3/t18-,28?/m0/s1. The molecule has 38 heavy (non-hydrogen) atoms. The molecule has 1 unspecified atom stereocenters. The summed E-state index contributed by atoms with van der Waals surface area (Å²) in [6.45, 7) is 10.3. The molecule has 0 aliphatic carbocycles. The SMILES string of the molecule is C[C@H]1CN(C(c2ccc(F)cc2)c2cc(C(C)(C)C)on2)CCN1c1cc(=O)n(C)c2ccc(C#N)nc12. The Morgan fingerprint density at radius 1 is 1.13 bits per heavy atom. The zero-order chi connectivity index (χ0) is 27.2. The third-order valence-electron chi connectivity index (χ3n) is 7.25. The summed E-state index contributed by atoms with van der Waals surface area (Å²) in [6, 6.07) is 15.4. The topological polar surface area (TPSA) is 91.2 Å². The van der Waals surface area contributed by atoms with Crippen LogP contribution in [0.5, 0.6) is 0 Å². The highest BCUT2D eigenvalue weighted by Gasteiger charge is 2.34. The van der Waals surface area contributed by atoms with Crippen molar-refractivity contribution in [1.82, 2.24) is 19.6 Å². The van der Waals surface area contributed by atoms with Crippen LogP contribution in [-0.4, -0.2) is 45.3 Å². The normalized spacial score (nSPS) is 17.5. The molecule has 1 aliphatic heterocycles. The maximum absolute atomic E-state index is 13.8. The fourth-order valence-electron chi connectivity index (χ4n) is 5.16. The van der Waals surface area contributed by atoms with Crippen LogP contribution in [0.4, 0.5) is 10.1 Å². The molecule has 0 bridgehead atoms. The zero-order valence-corrected chi connectivity index (χ0v) is 22.3. The molecule has 3 aromatic heterocycles. The third kappa shape index (κ3) is 4.68. The lowest BCUT2D eigenvalue weighted by atomic mass is 9.92. The summed E-state index contributed by atoms with van der Waals surface area (Å²) < 4.78 is 21.1. The number of aromatic nitrogens is 3. The molecule has 5 rings (SSSR count). The largest absolute Gasteiger partial charge is 0.364 e. The molecule has 1 fully saturated rings. The molecule has 4 heterocycles. The highest BCUT2D eigenvalue weighted by Crippen LogP contribution is 2.35. The summed E-state index contributed by atoms with van der Waals surface area (Å²) in [4.78, 5) is 21.8. The molecule has 0 N–H and O–H groups in total. The van der Waals surface area contributed by atoms with Crippen molar-refractivity contribution < 1.29 is 8.91 Å². The zero-order valence-electron chi connectivity index (χ0n) is 22.3. The lowest BCUT2D eigenvalue weighted by molar-refractivity contribution is 0.181. The van der Waals surface area contributed by atoms with E-state index < -0.39 is 0 Å². The number of halogens is 1. The van der Waals surface area contributed by atoms with Crippen molar-refractivity contribution in [3.05, 3.63) is 87.4 Å². The molecule has 196 valence electrons.